The molecule has 2 aromatic rings. The molecule has 0 unspecified atom stereocenters. The molecule has 2 N–H and O–H groups in total. The predicted octanol–water partition coefficient (Wildman–Crippen LogP) is 1.95. The van der Waals surface area contributed by atoms with Crippen LogP contribution >= 0.6 is 0 Å². The van der Waals surface area contributed by atoms with Crippen LogP contribution in [0.2, 0.25) is 0 Å². The van der Waals surface area contributed by atoms with Gasteiger partial charge in [-0.2, -0.15) is 0 Å². The Labute approximate surface area is 100 Å². The Morgan fingerprint density at radius 2 is 2.00 bits per heavy atom. The maximum Gasteiger partial charge on any atom is 0.320 e. The van der Waals surface area contributed by atoms with Gasteiger partial charge >= 0.3 is 6.01 Å². The molecule has 1 heterocycles. The van der Waals surface area contributed by atoms with Crippen molar-refractivity contribution >= 4 is 11.7 Å². The standard InChI is InChI=1S/C10H9F3N4O/c1-14-4-8-16-17-10(18-8)15-7-3-5(11)2-6(12)9(7)13/h2-3,14H,4H2,1H3,(H,15,17). The Hall–Kier alpha value is -2.09. The van der Waals surface area contributed by atoms with Gasteiger partial charge in [-0.3, -0.25) is 0 Å². The minimum atomic E-state index is -1.30. The molecular formula is C10H9F3N4O. The van der Waals surface area contributed by atoms with Gasteiger partial charge < -0.3 is 15.1 Å². The predicted molar refractivity (Wildman–Crippen MR) is 56.7 cm³/mol. The van der Waals surface area contributed by atoms with Gasteiger partial charge in [0.15, 0.2) is 11.6 Å². The van der Waals surface area contributed by atoms with E-state index < -0.39 is 23.1 Å². The highest BCUT2D eigenvalue weighted by atomic mass is 19.2. The van der Waals surface area contributed by atoms with Crippen molar-refractivity contribution in [3.63, 3.8) is 0 Å². The molecule has 5 nitrogen and oxygen atoms in total. The van der Waals surface area contributed by atoms with Crippen molar-refractivity contribution < 1.29 is 17.6 Å². The Bertz CT molecular complexity index is 558. The lowest BCUT2D eigenvalue weighted by atomic mass is 10.3. The molecule has 96 valence electrons. The maximum atomic E-state index is 13.3. The van der Waals surface area contributed by atoms with Gasteiger partial charge in [0, 0.05) is 12.1 Å². The van der Waals surface area contributed by atoms with Crippen LogP contribution in [0.1, 0.15) is 5.89 Å². The van der Waals surface area contributed by atoms with E-state index >= 15 is 0 Å². The number of hydrogen-bond acceptors (Lipinski definition) is 5. The second-order valence-corrected chi connectivity index (χ2v) is 3.41. The summed E-state index contributed by atoms with van der Waals surface area (Å²) < 4.78 is 44.2. The molecule has 0 bridgehead atoms. The van der Waals surface area contributed by atoms with Gasteiger partial charge in [0.2, 0.25) is 5.89 Å². The van der Waals surface area contributed by atoms with E-state index in [1.807, 2.05) is 0 Å². The van der Waals surface area contributed by atoms with Gasteiger partial charge in [-0.05, 0) is 7.05 Å². The zero-order chi connectivity index (χ0) is 13.1. The zero-order valence-corrected chi connectivity index (χ0v) is 9.30. The van der Waals surface area contributed by atoms with Gasteiger partial charge in [0.25, 0.3) is 0 Å². The van der Waals surface area contributed by atoms with Crippen LogP contribution in [0.3, 0.4) is 0 Å². The molecule has 1 aromatic heterocycles. The molecule has 18 heavy (non-hydrogen) atoms. The summed E-state index contributed by atoms with van der Waals surface area (Å²) in [4.78, 5) is 0. The lowest BCUT2D eigenvalue weighted by Crippen LogP contribution is -2.04. The molecular weight excluding hydrogens is 249 g/mol. The average Bonchev–Trinajstić information content (AvgIpc) is 2.73. The van der Waals surface area contributed by atoms with Crippen LogP contribution in [0.4, 0.5) is 24.9 Å². The molecule has 0 amide bonds. The highest BCUT2D eigenvalue weighted by Gasteiger charge is 2.13. The zero-order valence-electron chi connectivity index (χ0n) is 9.30. The van der Waals surface area contributed by atoms with E-state index in [1.54, 1.807) is 7.05 Å². The van der Waals surface area contributed by atoms with Crippen LogP contribution < -0.4 is 10.6 Å². The van der Waals surface area contributed by atoms with Gasteiger partial charge in [0.1, 0.15) is 5.82 Å². The van der Waals surface area contributed by atoms with E-state index in [2.05, 4.69) is 20.8 Å². The van der Waals surface area contributed by atoms with Crippen LogP contribution in [0.25, 0.3) is 0 Å². The number of nitrogens with zero attached hydrogens (tertiary/aromatic N) is 2. The number of rotatable bonds is 4. The number of nitrogens with one attached hydrogen (secondary N) is 2. The number of anilines is 2. The monoisotopic (exact) mass is 258 g/mol. The summed E-state index contributed by atoms with van der Waals surface area (Å²) in [5.74, 6) is -3.17. The smallest absolute Gasteiger partial charge is 0.320 e. The van der Waals surface area contributed by atoms with Crippen LogP contribution in [0, 0.1) is 17.5 Å². The van der Waals surface area contributed by atoms with Crippen molar-refractivity contribution in [2.24, 2.45) is 0 Å². The summed E-state index contributed by atoms with van der Waals surface area (Å²) in [5, 5.41) is 12.3. The summed E-state index contributed by atoms with van der Waals surface area (Å²) in [5.41, 5.74) is -0.410. The molecule has 0 fully saturated rings. The normalized spacial score (nSPS) is 10.7. The lowest BCUT2D eigenvalue weighted by molar-refractivity contribution is 0.486. The number of aromatic nitrogens is 2. The van der Waals surface area contributed by atoms with E-state index in [9.17, 15) is 13.2 Å². The highest BCUT2D eigenvalue weighted by molar-refractivity contribution is 5.53. The number of halogens is 3. The molecule has 0 spiro atoms. The topological polar surface area (TPSA) is 63.0 Å². The molecule has 0 radical (unpaired) electrons. The minimum absolute atomic E-state index is 0.149. The molecule has 8 heteroatoms. The molecule has 2 rings (SSSR count). The van der Waals surface area contributed by atoms with E-state index in [4.69, 9.17) is 4.42 Å². The largest absolute Gasteiger partial charge is 0.406 e. The summed E-state index contributed by atoms with van der Waals surface area (Å²) in [6.07, 6.45) is 0. The molecule has 0 aliphatic carbocycles. The van der Waals surface area contributed by atoms with Crippen molar-refractivity contribution in [1.82, 2.24) is 15.5 Å². The van der Waals surface area contributed by atoms with Crippen molar-refractivity contribution in [1.29, 1.82) is 0 Å². The lowest BCUT2D eigenvalue weighted by Gasteiger charge is -2.03. The third-order valence-electron chi connectivity index (χ3n) is 2.03. The second kappa shape index (κ2) is 5.05. The van der Waals surface area contributed by atoms with Crippen molar-refractivity contribution in [2.75, 3.05) is 12.4 Å². The first-order valence-electron chi connectivity index (χ1n) is 4.98. The molecule has 0 saturated carbocycles. The molecule has 0 saturated heterocycles. The van der Waals surface area contributed by atoms with Crippen molar-refractivity contribution in [2.45, 2.75) is 6.54 Å². The second-order valence-electron chi connectivity index (χ2n) is 3.41. The van der Waals surface area contributed by atoms with E-state index in [0.29, 0.717) is 12.6 Å². The van der Waals surface area contributed by atoms with E-state index in [1.165, 1.54) is 0 Å². The maximum absolute atomic E-state index is 13.3. The Morgan fingerprint density at radius 1 is 1.22 bits per heavy atom. The third kappa shape index (κ3) is 2.59. The third-order valence-corrected chi connectivity index (χ3v) is 2.03. The van der Waals surface area contributed by atoms with E-state index in [-0.39, 0.29) is 11.9 Å². The fraction of sp³-hybridized carbons (Fsp3) is 0.200. The van der Waals surface area contributed by atoms with Crippen molar-refractivity contribution in [3.8, 4) is 0 Å². The average molecular weight is 258 g/mol. The van der Waals surface area contributed by atoms with Crippen LogP contribution in [0.15, 0.2) is 16.5 Å². The molecule has 0 aliphatic heterocycles. The summed E-state index contributed by atoms with van der Waals surface area (Å²) in [6, 6.07) is 1.09. The van der Waals surface area contributed by atoms with E-state index in [0.717, 1.165) is 6.07 Å². The quantitative estimate of drug-likeness (QED) is 0.821. The van der Waals surface area contributed by atoms with Gasteiger partial charge in [-0.25, -0.2) is 13.2 Å². The van der Waals surface area contributed by atoms with Crippen molar-refractivity contribution in [3.05, 3.63) is 35.5 Å². The Kier molecular flexibility index (Phi) is 3.47. The Morgan fingerprint density at radius 3 is 2.72 bits per heavy atom. The summed E-state index contributed by atoms with van der Waals surface area (Å²) in [7, 11) is 1.68. The summed E-state index contributed by atoms with van der Waals surface area (Å²) in [6.45, 7) is 0.328. The fourth-order valence-corrected chi connectivity index (χ4v) is 1.29. The Balaban J connectivity index is 2.22. The molecule has 0 atom stereocenters. The first kappa shape index (κ1) is 12.4. The number of benzene rings is 1. The SMILES string of the molecule is CNCc1nnc(Nc2cc(F)cc(F)c2F)o1. The molecule has 1 aromatic carbocycles. The summed E-state index contributed by atoms with van der Waals surface area (Å²) >= 11 is 0. The van der Waals surface area contributed by atoms with Gasteiger partial charge in [0.05, 0.1) is 12.2 Å². The fourth-order valence-electron chi connectivity index (χ4n) is 1.29. The first-order chi connectivity index (χ1) is 8.60. The minimum Gasteiger partial charge on any atom is -0.406 e. The van der Waals surface area contributed by atoms with Crippen LogP contribution in [0.5, 0.6) is 0 Å². The van der Waals surface area contributed by atoms with Gasteiger partial charge in [-0.15, -0.1) is 5.10 Å². The highest BCUT2D eigenvalue weighted by Crippen LogP contribution is 2.22. The van der Waals surface area contributed by atoms with Crippen LogP contribution in [-0.2, 0) is 6.54 Å². The molecule has 0 aliphatic rings. The van der Waals surface area contributed by atoms with Crippen LogP contribution in [-0.4, -0.2) is 17.2 Å². The first-order valence-corrected chi connectivity index (χ1v) is 4.98. The number of hydrogen-bond donors (Lipinski definition) is 2. The van der Waals surface area contributed by atoms with Gasteiger partial charge in [-0.1, -0.05) is 5.10 Å².